The van der Waals surface area contributed by atoms with Gasteiger partial charge in [0.15, 0.2) is 0 Å². The van der Waals surface area contributed by atoms with Gasteiger partial charge in [0, 0.05) is 23.8 Å². The molecule has 1 amide bonds. The third kappa shape index (κ3) is 4.98. The van der Waals surface area contributed by atoms with E-state index in [9.17, 15) is 18.0 Å². The Morgan fingerprint density at radius 2 is 2.04 bits per heavy atom. The minimum atomic E-state index is -4.98. The molecule has 0 aliphatic carbocycles. The summed E-state index contributed by atoms with van der Waals surface area (Å²) in [6.07, 6.45) is -3.43. The van der Waals surface area contributed by atoms with Gasteiger partial charge in [0.2, 0.25) is 0 Å². The van der Waals surface area contributed by atoms with E-state index in [-0.39, 0.29) is 12.3 Å². The van der Waals surface area contributed by atoms with Crippen LogP contribution >= 0.6 is 15.9 Å². The van der Waals surface area contributed by atoms with Crippen molar-refractivity contribution in [3.63, 3.8) is 0 Å². The number of nitrogens with two attached hydrogens (primary N) is 1. The van der Waals surface area contributed by atoms with Crippen molar-refractivity contribution < 1.29 is 22.7 Å². The van der Waals surface area contributed by atoms with E-state index < -0.39 is 17.6 Å². The second-order valence-electron chi connectivity index (χ2n) is 6.40. The number of carbonyl (C=O) groups is 1. The molecular weight excluding hydrogens is 417 g/mol. The Morgan fingerprint density at radius 3 is 2.54 bits per heavy atom. The molecule has 2 aromatic rings. The zero-order chi connectivity index (χ0) is 19.7. The normalized spacial score (nSPS) is 12.2. The first kappa shape index (κ1) is 20.2. The molecule has 1 aromatic heterocycles. The van der Waals surface area contributed by atoms with Gasteiger partial charge in [-0.15, -0.1) is 0 Å². The molecule has 26 heavy (non-hydrogen) atoms. The second kappa shape index (κ2) is 7.28. The van der Waals surface area contributed by atoms with E-state index in [1.165, 1.54) is 22.9 Å². The third-order valence-electron chi connectivity index (χ3n) is 3.24. The summed E-state index contributed by atoms with van der Waals surface area (Å²) in [7, 11) is 1.68. The van der Waals surface area contributed by atoms with E-state index in [0.717, 1.165) is 0 Å². The maximum Gasteiger partial charge on any atom is 0.471 e. The summed E-state index contributed by atoms with van der Waals surface area (Å²) < 4.78 is 45.4. The van der Waals surface area contributed by atoms with Crippen molar-refractivity contribution in [1.29, 1.82) is 0 Å². The molecule has 0 spiro atoms. The van der Waals surface area contributed by atoms with Crippen molar-refractivity contribution in [1.82, 2.24) is 9.78 Å². The molecule has 0 atom stereocenters. The van der Waals surface area contributed by atoms with Crippen LogP contribution in [0.25, 0.3) is 11.3 Å². The molecule has 0 radical (unpaired) electrons. The molecule has 1 aromatic carbocycles. The van der Waals surface area contributed by atoms with Gasteiger partial charge in [-0.05, 0) is 48.0 Å². The Hall–Kier alpha value is -2.07. The van der Waals surface area contributed by atoms with Crippen LogP contribution < -0.4 is 15.8 Å². The topological polar surface area (TPSA) is 82.2 Å². The fourth-order valence-electron chi connectivity index (χ4n) is 2.10. The number of anilines is 1. The molecule has 3 N–H and O–H groups in total. The highest BCUT2D eigenvalue weighted by molar-refractivity contribution is 9.10. The summed E-state index contributed by atoms with van der Waals surface area (Å²) in [6, 6.07) is 4.20. The van der Waals surface area contributed by atoms with Crippen LogP contribution in [0.4, 0.5) is 18.9 Å². The first-order valence-corrected chi connectivity index (χ1v) is 8.29. The highest BCUT2D eigenvalue weighted by Crippen LogP contribution is 2.37. The molecule has 0 aliphatic heterocycles. The number of halogens is 4. The van der Waals surface area contributed by atoms with Gasteiger partial charge in [-0.2, -0.15) is 18.3 Å². The van der Waals surface area contributed by atoms with Crippen LogP contribution in [0.2, 0.25) is 0 Å². The van der Waals surface area contributed by atoms with E-state index >= 15 is 0 Å². The smallest absolute Gasteiger partial charge is 0.471 e. The first-order chi connectivity index (χ1) is 11.9. The molecule has 0 unspecified atom stereocenters. The number of nitrogens with zero attached hydrogens (tertiary/aromatic N) is 2. The SMILES string of the molecule is Cn1ncc(Br)c1-c1cc(NC(=O)C(F)(F)F)ccc1OCC(C)(C)N. The Labute approximate surface area is 156 Å². The number of ether oxygens (including phenoxy) is 1. The molecule has 0 saturated heterocycles. The number of hydrogen-bond donors (Lipinski definition) is 2. The van der Waals surface area contributed by atoms with E-state index in [1.54, 1.807) is 27.1 Å². The lowest BCUT2D eigenvalue weighted by Crippen LogP contribution is -2.38. The second-order valence-corrected chi connectivity index (χ2v) is 7.26. The molecule has 142 valence electrons. The van der Waals surface area contributed by atoms with Gasteiger partial charge in [0.05, 0.1) is 16.4 Å². The van der Waals surface area contributed by atoms with E-state index in [2.05, 4.69) is 21.0 Å². The van der Waals surface area contributed by atoms with Crippen LogP contribution in [0, 0.1) is 0 Å². The van der Waals surface area contributed by atoms with E-state index in [0.29, 0.717) is 21.5 Å². The van der Waals surface area contributed by atoms with Crippen LogP contribution in [0.3, 0.4) is 0 Å². The molecule has 2 rings (SSSR count). The summed E-state index contributed by atoms with van der Waals surface area (Å²) >= 11 is 3.35. The quantitative estimate of drug-likeness (QED) is 0.754. The Balaban J connectivity index is 2.45. The van der Waals surface area contributed by atoms with Gasteiger partial charge < -0.3 is 15.8 Å². The van der Waals surface area contributed by atoms with Crippen molar-refractivity contribution in [3.8, 4) is 17.0 Å². The first-order valence-electron chi connectivity index (χ1n) is 7.50. The van der Waals surface area contributed by atoms with Crippen molar-refractivity contribution in [2.75, 3.05) is 11.9 Å². The zero-order valence-electron chi connectivity index (χ0n) is 14.3. The predicted molar refractivity (Wildman–Crippen MR) is 94.8 cm³/mol. The van der Waals surface area contributed by atoms with E-state index in [4.69, 9.17) is 10.5 Å². The molecule has 1 heterocycles. The Morgan fingerprint density at radius 1 is 1.38 bits per heavy atom. The van der Waals surface area contributed by atoms with Crippen LogP contribution in [0.1, 0.15) is 13.8 Å². The number of rotatable bonds is 5. The fraction of sp³-hybridized carbons (Fsp3) is 0.375. The lowest BCUT2D eigenvalue weighted by molar-refractivity contribution is -0.167. The summed E-state index contributed by atoms with van der Waals surface area (Å²) in [5, 5.41) is 5.93. The van der Waals surface area contributed by atoms with Gasteiger partial charge in [-0.3, -0.25) is 9.48 Å². The average Bonchev–Trinajstić information content (AvgIpc) is 2.83. The van der Waals surface area contributed by atoms with Crippen molar-refractivity contribution in [2.24, 2.45) is 12.8 Å². The lowest BCUT2D eigenvalue weighted by atomic mass is 10.1. The van der Waals surface area contributed by atoms with E-state index in [1.807, 2.05) is 5.32 Å². The number of amides is 1. The number of hydrogen-bond acceptors (Lipinski definition) is 4. The number of aromatic nitrogens is 2. The van der Waals surface area contributed by atoms with Crippen LogP contribution in [-0.2, 0) is 11.8 Å². The van der Waals surface area contributed by atoms with Gasteiger partial charge in [-0.25, -0.2) is 0 Å². The monoisotopic (exact) mass is 434 g/mol. The Kier molecular flexibility index (Phi) is 5.67. The third-order valence-corrected chi connectivity index (χ3v) is 3.82. The fourth-order valence-corrected chi connectivity index (χ4v) is 2.66. The standard InChI is InChI=1S/C16H18BrF3N4O2/c1-15(2,21)8-26-12-5-4-9(23-14(25)16(18,19)20)6-10(12)13-11(17)7-22-24(13)3/h4-7H,8,21H2,1-3H3,(H,23,25). The maximum atomic E-state index is 12.5. The van der Waals surface area contributed by atoms with Crippen molar-refractivity contribution in [2.45, 2.75) is 25.6 Å². The molecule has 10 heteroatoms. The van der Waals surface area contributed by atoms with Gasteiger partial charge >= 0.3 is 12.1 Å². The van der Waals surface area contributed by atoms with Gasteiger partial charge in [-0.1, -0.05) is 0 Å². The Bertz CT molecular complexity index is 793. The molecular formula is C16H18BrF3N4O2. The highest BCUT2D eigenvalue weighted by atomic mass is 79.9. The number of nitrogens with one attached hydrogen (secondary N) is 1. The number of alkyl halides is 3. The largest absolute Gasteiger partial charge is 0.491 e. The molecule has 0 fully saturated rings. The summed E-state index contributed by atoms with van der Waals surface area (Å²) in [6.45, 7) is 3.75. The number of aryl methyl sites for hydroxylation is 1. The van der Waals surface area contributed by atoms with Gasteiger partial charge in [0.25, 0.3) is 0 Å². The highest BCUT2D eigenvalue weighted by Gasteiger charge is 2.38. The summed E-state index contributed by atoms with van der Waals surface area (Å²) in [4.78, 5) is 11.2. The molecule has 0 aliphatic rings. The lowest BCUT2D eigenvalue weighted by Gasteiger charge is -2.21. The average molecular weight is 435 g/mol. The number of carbonyl (C=O) groups excluding carboxylic acids is 1. The predicted octanol–water partition coefficient (Wildman–Crippen LogP) is 3.47. The van der Waals surface area contributed by atoms with Gasteiger partial charge in [0.1, 0.15) is 12.4 Å². The molecule has 0 saturated carbocycles. The van der Waals surface area contributed by atoms with Crippen LogP contribution in [0.5, 0.6) is 5.75 Å². The summed E-state index contributed by atoms with van der Waals surface area (Å²) in [5.74, 6) is -1.65. The van der Waals surface area contributed by atoms with Crippen LogP contribution in [-0.4, -0.2) is 34.0 Å². The summed E-state index contributed by atoms with van der Waals surface area (Å²) in [5.41, 5.74) is 6.34. The minimum Gasteiger partial charge on any atom is -0.491 e. The van der Waals surface area contributed by atoms with Crippen molar-refractivity contribution >= 4 is 27.5 Å². The maximum absolute atomic E-state index is 12.5. The number of benzene rings is 1. The minimum absolute atomic E-state index is 0.0187. The molecule has 0 bridgehead atoms. The van der Waals surface area contributed by atoms with Crippen molar-refractivity contribution in [3.05, 3.63) is 28.9 Å². The van der Waals surface area contributed by atoms with Crippen LogP contribution in [0.15, 0.2) is 28.9 Å². The zero-order valence-corrected chi connectivity index (χ0v) is 15.9. The molecule has 6 nitrogen and oxygen atoms in total.